The van der Waals surface area contributed by atoms with Gasteiger partial charge in [-0.3, -0.25) is 4.79 Å². The van der Waals surface area contributed by atoms with Gasteiger partial charge in [0.25, 0.3) is 0 Å². The zero-order valence-electron chi connectivity index (χ0n) is 14.5. The fraction of sp³-hybridized carbons (Fsp3) is 0.421. The van der Waals surface area contributed by atoms with E-state index in [2.05, 4.69) is 5.32 Å². The summed E-state index contributed by atoms with van der Waals surface area (Å²) >= 11 is 0. The van der Waals surface area contributed by atoms with Crippen LogP contribution in [0.5, 0.6) is 11.5 Å². The van der Waals surface area contributed by atoms with Crippen LogP contribution in [0, 0.1) is 0 Å². The number of hydrogen-bond donors (Lipinski definition) is 2. The molecule has 1 aliphatic carbocycles. The molecule has 1 unspecified atom stereocenters. The van der Waals surface area contributed by atoms with Crippen molar-refractivity contribution in [1.29, 1.82) is 0 Å². The molecule has 134 valence electrons. The SMILES string of the molecule is COc1ccc(CC(=O)NCC2(O)CCCc3occc32)cc1OC. The van der Waals surface area contributed by atoms with Crippen LogP contribution in [0.1, 0.15) is 29.7 Å². The van der Waals surface area contributed by atoms with Crippen LogP contribution < -0.4 is 14.8 Å². The molecule has 0 fully saturated rings. The number of aryl methyl sites for hydroxylation is 1. The Kier molecular flexibility index (Phi) is 4.99. The van der Waals surface area contributed by atoms with Crippen LogP contribution >= 0.6 is 0 Å². The average molecular weight is 345 g/mol. The lowest BCUT2D eigenvalue weighted by atomic mass is 9.83. The number of hydrogen-bond acceptors (Lipinski definition) is 5. The Balaban J connectivity index is 1.62. The van der Waals surface area contributed by atoms with Gasteiger partial charge in [-0.05, 0) is 36.6 Å². The van der Waals surface area contributed by atoms with Crippen LogP contribution in [0.25, 0.3) is 0 Å². The Morgan fingerprint density at radius 1 is 1.28 bits per heavy atom. The molecule has 1 heterocycles. The second-order valence-corrected chi connectivity index (χ2v) is 6.29. The molecule has 0 radical (unpaired) electrons. The maximum absolute atomic E-state index is 12.3. The quantitative estimate of drug-likeness (QED) is 0.839. The van der Waals surface area contributed by atoms with Gasteiger partial charge >= 0.3 is 0 Å². The molecular weight excluding hydrogens is 322 g/mol. The topological polar surface area (TPSA) is 80.9 Å². The van der Waals surface area contributed by atoms with E-state index in [0.29, 0.717) is 17.9 Å². The van der Waals surface area contributed by atoms with E-state index in [1.807, 2.05) is 6.07 Å². The molecule has 0 bridgehead atoms. The zero-order valence-corrected chi connectivity index (χ0v) is 14.5. The second kappa shape index (κ2) is 7.19. The molecule has 0 spiro atoms. The number of carbonyl (C=O) groups excluding carboxylic acids is 1. The highest BCUT2D eigenvalue weighted by molar-refractivity contribution is 5.79. The normalized spacial score (nSPS) is 19.2. The second-order valence-electron chi connectivity index (χ2n) is 6.29. The van der Waals surface area contributed by atoms with E-state index in [9.17, 15) is 9.90 Å². The molecule has 0 saturated heterocycles. The number of amides is 1. The summed E-state index contributed by atoms with van der Waals surface area (Å²) in [4.78, 5) is 12.3. The minimum atomic E-state index is -1.06. The summed E-state index contributed by atoms with van der Waals surface area (Å²) in [7, 11) is 3.13. The highest BCUT2D eigenvalue weighted by Gasteiger charge is 2.36. The fourth-order valence-corrected chi connectivity index (χ4v) is 3.29. The van der Waals surface area contributed by atoms with Crippen molar-refractivity contribution in [2.24, 2.45) is 0 Å². The first-order valence-electron chi connectivity index (χ1n) is 8.32. The molecule has 1 amide bonds. The molecule has 25 heavy (non-hydrogen) atoms. The number of furan rings is 1. The molecule has 3 rings (SSSR count). The van der Waals surface area contributed by atoms with Crippen molar-refractivity contribution in [3.63, 3.8) is 0 Å². The van der Waals surface area contributed by atoms with Crippen molar-refractivity contribution in [3.8, 4) is 11.5 Å². The number of ether oxygens (including phenoxy) is 2. The molecule has 1 aromatic carbocycles. The van der Waals surface area contributed by atoms with E-state index < -0.39 is 5.60 Å². The third-order valence-electron chi connectivity index (χ3n) is 4.63. The van der Waals surface area contributed by atoms with Gasteiger partial charge in [0.15, 0.2) is 11.5 Å². The molecule has 1 aromatic heterocycles. The van der Waals surface area contributed by atoms with Crippen LogP contribution in [0.15, 0.2) is 34.9 Å². The van der Waals surface area contributed by atoms with E-state index in [-0.39, 0.29) is 18.9 Å². The van der Waals surface area contributed by atoms with Crippen LogP contribution in [0.3, 0.4) is 0 Å². The van der Waals surface area contributed by atoms with Crippen LogP contribution in [-0.4, -0.2) is 31.8 Å². The third-order valence-corrected chi connectivity index (χ3v) is 4.63. The van der Waals surface area contributed by atoms with Crippen molar-refractivity contribution < 1.29 is 23.8 Å². The van der Waals surface area contributed by atoms with Gasteiger partial charge in [0.05, 0.1) is 33.4 Å². The van der Waals surface area contributed by atoms with E-state index >= 15 is 0 Å². The predicted octanol–water partition coefficient (Wildman–Crippen LogP) is 2.18. The van der Waals surface area contributed by atoms with Crippen molar-refractivity contribution in [2.45, 2.75) is 31.3 Å². The Morgan fingerprint density at radius 3 is 2.84 bits per heavy atom. The van der Waals surface area contributed by atoms with Crippen LogP contribution in [0.2, 0.25) is 0 Å². The number of aliphatic hydroxyl groups is 1. The first-order valence-corrected chi connectivity index (χ1v) is 8.32. The number of methoxy groups -OCH3 is 2. The number of rotatable bonds is 6. The standard InChI is InChI=1S/C19H23NO5/c1-23-16-6-5-13(10-17(16)24-2)11-18(21)20-12-19(22)8-3-4-15-14(19)7-9-25-15/h5-7,9-10,22H,3-4,8,11-12H2,1-2H3,(H,20,21). The highest BCUT2D eigenvalue weighted by Crippen LogP contribution is 2.35. The van der Waals surface area contributed by atoms with Crippen molar-refractivity contribution in [2.75, 3.05) is 20.8 Å². The molecular formula is C19H23NO5. The van der Waals surface area contributed by atoms with Crippen LogP contribution in [0.4, 0.5) is 0 Å². The summed E-state index contributed by atoms with van der Waals surface area (Å²) in [6.07, 6.45) is 4.06. The number of benzene rings is 1. The predicted molar refractivity (Wildman–Crippen MR) is 91.8 cm³/mol. The Bertz CT molecular complexity index is 754. The lowest BCUT2D eigenvalue weighted by molar-refractivity contribution is -0.122. The van der Waals surface area contributed by atoms with Crippen molar-refractivity contribution in [3.05, 3.63) is 47.4 Å². The first-order chi connectivity index (χ1) is 12.1. The zero-order chi connectivity index (χ0) is 17.9. The van der Waals surface area contributed by atoms with E-state index in [1.165, 1.54) is 0 Å². The molecule has 0 aliphatic heterocycles. The number of fused-ring (bicyclic) bond motifs is 1. The van der Waals surface area contributed by atoms with Gasteiger partial charge in [0, 0.05) is 12.0 Å². The van der Waals surface area contributed by atoms with Gasteiger partial charge in [-0.25, -0.2) is 0 Å². The van der Waals surface area contributed by atoms with E-state index in [0.717, 1.165) is 29.7 Å². The van der Waals surface area contributed by atoms with E-state index in [1.54, 1.807) is 38.7 Å². The Morgan fingerprint density at radius 2 is 2.08 bits per heavy atom. The van der Waals surface area contributed by atoms with Gasteiger partial charge in [0.1, 0.15) is 11.4 Å². The minimum absolute atomic E-state index is 0.156. The summed E-state index contributed by atoms with van der Waals surface area (Å²) in [6, 6.07) is 7.16. The Labute approximate surface area is 146 Å². The fourth-order valence-electron chi connectivity index (χ4n) is 3.29. The molecule has 6 heteroatoms. The smallest absolute Gasteiger partial charge is 0.224 e. The van der Waals surface area contributed by atoms with Crippen molar-refractivity contribution in [1.82, 2.24) is 5.32 Å². The highest BCUT2D eigenvalue weighted by atomic mass is 16.5. The summed E-state index contributed by atoms with van der Waals surface area (Å²) in [5.41, 5.74) is 0.536. The Hall–Kier alpha value is -2.47. The lowest BCUT2D eigenvalue weighted by Gasteiger charge is -2.31. The van der Waals surface area contributed by atoms with Gasteiger partial charge in [-0.1, -0.05) is 6.07 Å². The summed E-state index contributed by atoms with van der Waals surface area (Å²) in [5, 5.41) is 13.7. The number of nitrogens with one attached hydrogen (secondary N) is 1. The van der Waals surface area contributed by atoms with Gasteiger partial charge in [-0.15, -0.1) is 0 Å². The monoisotopic (exact) mass is 345 g/mol. The molecule has 2 aromatic rings. The molecule has 2 N–H and O–H groups in total. The average Bonchev–Trinajstić information content (AvgIpc) is 3.10. The molecule has 1 aliphatic rings. The third kappa shape index (κ3) is 3.64. The number of carbonyl (C=O) groups is 1. The molecule has 1 atom stereocenters. The summed E-state index contributed by atoms with van der Waals surface area (Å²) < 4.78 is 15.8. The van der Waals surface area contributed by atoms with Crippen LogP contribution in [-0.2, 0) is 23.2 Å². The van der Waals surface area contributed by atoms with Gasteiger partial charge < -0.3 is 24.3 Å². The first kappa shape index (κ1) is 17.4. The largest absolute Gasteiger partial charge is 0.493 e. The van der Waals surface area contributed by atoms with Gasteiger partial charge in [0.2, 0.25) is 5.91 Å². The summed E-state index contributed by atoms with van der Waals surface area (Å²) in [6.45, 7) is 0.172. The molecule has 6 nitrogen and oxygen atoms in total. The molecule has 0 saturated carbocycles. The summed E-state index contributed by atoms with van der Waals surface area (Å²) in [5.74, 6) is 1.86. The lowest BCUT2D eigenvalue weighted by Crippen LogP contribution is -2.43. The maximum Gasteiger partial charge on any atom is 0.224 e. The van der Waals surface area contributed by atoms with E-state index in [4.69, 9.17) is 13.9 Å². The van der Waals surface area contributed by atoms with Crippen molar-refractivity contribution >= 4 is 5.91 Å². The van der Waals surface area contributed by atoms with Gasteiger partial charge in [-0.2, -0.15) is 0 Å². The minimum Gasteiger partial charge on any atom is -0.493 e. The maximum atomic E-state index is 12.3.